The average Bonchev–Trinajstić information content (AvgIpc) is 3.77. The van der Waals surface area contributed by atoms with Crippen molar-refractivity contribution in [3.05, 3.63) is 101 Å². The lowest BCUT2D eigenvalue weighted by Crippen LogP contribution is -2.49. The summed E-state index contributed by atoms with van der Waals surface area (Å²) in [5.41, 5.74) is 2.20. The molecule has 2 fully saturated rings. The van der Waals surface area contributed by atoms with E-state index in [2.05, 4.69) is 5.32 Å². The topological polar surface area (TPSA) is 84.9 Å². The monoisotopic (exact) mass is 530 g/mol. The average molecular weight is 531 g/mol. The zero-order valence-corrected chi connectivity index (χ0v) is 21.9. The van der Waals surface area contributed by atoms with Crippen LogP contribution in [0.3, 0.4) is 0 Å². The van der Waals surface area contributed by atoms with Gasteiger partial charge in [0.15, 0.2) is 0 Å². The summed E-state index contributed by atoms with van der Waals surface area (Å²) in [7, 11) is 2.89. The van der Waals surface area contributed by atoms with Crippen LogP contribution in [0.2, 0.25) is 0 Å². The lowest BCUT2D eigenvalue weighted by molar-refractivity contribution is -0.148. The van der Waals surface area contributed by atoms with Crippen molar-refractivity contribution in [1.29, 1.82) is 0 Å². The number of benzene rings is 3. The third-order valence-corrected chi connectivity index (χ3v) is 7.61. The minimum Gasteiger partial charge on any atom is -0.497 e. The molecule has 0 radical (unpaired) electrons. The largest absolute Gasteiger partial charge is 0.497 e. The highest BCUT2D eigenvalue weighted by Crippen LogP contribution is 2.52. The Hall–Kier alpha value is -4.20. The van der Waals surface area contributed by atoms with Crippen LogP contribution in [0.15, 0.2) is 78.9 Å². The number of likely N-dealkylation sites (tertiary alicyclic amines) is 1. The Labute approximate surface area is 226 Å². The summed E-state index contributed by atoms with van der Waals surface area (Å²) in [5, 5.41) is 2.94. The standard InChI is InChI=1S/C31H31FN2O5/c1-38-24-16-12-21(13-17-24)27-26(31(37)39-2)25(20-6-4-3-5-7-20)28(34(27)30(36)22-10-11-22)29(35)33-18-19-8-14-23(32)15-9-19/h3-9,12-17,22,25-28H,10-11,18H2,1-2H3,(H,33,35). The summed E-state index contributed by atoms with van der Waals surface area (Å²) in [6, 6.07) is 20.7. The number of methoxy groups -OCH3 is 2. The molecule has 1 saturated heterocycles. The predicted octanol–water partition coefficient (Wildman–Crippen LogP) is 4.39. The number of rotatable bonds is 8. The fraction of sp³-hybridized carbons (Fsp3) is 0.323. The van der Waals surface area contributed by atoms with Crippen molar-refractivity contribution in [2.75, 3.05) is 14.2 Å². The Morgan fingerprint density at radius 2 is 1.56 bits per heavy atom. The summed E-state index contributed by atoms with van der Waals surface area (Å²) in [6.07, 6.45) is 1.49. The highest BCUT2D eigenvalue weighted by atomic mass is 19.1. The van der Waals surface area contributed by atoms with Gasteiger partial charge in [0, 0.05) is 18.4 Å². The van der Waals surface area contributed by atoms with Gasteiger partial charge >= 0.3 is 5.97 Å². The molecular weight excluding hydrogens is 499 g/mol. The first-order chi connectivity index (χ1) is 18.9. The zero-order valence-electron chi connectivity index (χ0n) is 21.9. The van der Waals surface area contributed by atoms with Gasteiger partial charge < -0.3 is 19.7 Å². The number of nitrogens with zero attached hydrogens (tertiary/aromatic N) is 1. The van der Waals surface area contributed by atoms with Crippen molar-refractivity contribution in [2.24, 2.45) is 11.8 Å². The molecule has 4 atom stereocenters. The zero-order chi connectivity index (χ0) is 27.5. The van der Waals surface area contributed by atoms with Crippen LogP contribution in [0.4, 0.5) is 4.39 Å². The van der Waals surface area contributed by atoms with Crippen LogP contribution in [0.5, 0.6) is 5.75 Å². The Morgan fingerprint density at radius 1 is 0.897 bits per heavy atom. The molecule has 1 aliphatic heterocycles. The van der Waals surface area contributed by atoms with Gasteiger partial charge in [0.2, 0.25) is 11.8 Å². The second kappa shape index (κ2) is 11.3. The maximum absolute atomic E-state index is 14.0. The fourth-order valence-electron chi connectivity index (χ4n) is 5.56. The molecule has 0 spiro atoms. The summed E-state index contributed by atoms with van der Waals surface area (Å²) in [5.74, 6) is -2.42. The van der Waals surface area contributed by atoms with Gasteiger partial charge in [0.25, 0.3) is 0 Å². The number of esters is 1. The third-order valence-electron chi connectivity index (χ3n) is 7.61. The predicted molar refractivity (Wildman–Crippen MR) is 142 cm³/mol. The van der Waals surface area contributed by atoms with Gasteiger partial charge in [-0.2, -0.15) is 0 Å². The Morgan fingerprint density at radius 3 is 2.15 bits per heavy atom. The SMILES string of the molecule is COC(=O)C1C(c2ccccc2)C(C(=O)NCc2ccc(F)cc2)N(C(=O)C2CC2)C1c1ccc(OC)cc1. The molecule has 39 heavy (non-hydrogen) atoms. The minimum absolute atomic E-state index is 0.148. The Balaban J connectivity index is 1.61. The Bertz CT molecular complexity index is 1330. The molecule has 2 amide bonds. The minimum atomic E-state index is -0.961. The van der Waals surface area contributed by atoms with E-state index in [1.165, 1.54) is 19.2 Å². The molecule has 8 heteroatoms. The first kappa shape index (κ1) is 26.4. The van der Waals surface area contributed by atoms with E-state index in [1.807, 2.05) is 42.5 Å². The van der Waals surface area contributed by atoms with E-state index in [1.54, 1.807) is 36.3 Å². The van der Waals surface area contributed by atoms with Crippen molar-refractivity contribution in [3.8, 4) is 5.75 Å². The summed E-state index contributed by atoms with van der Waals surface area (Å²) >= 11 is 0. The van der Waals surface area contributed by atoms with E-state index in [0.29, 0.717) is 5.75 Å². The normalized spacial score (nSPS) is 22.3. The number of nitrogens with one attached hydrogen (secondary N) is 1. The molecule has 202 valence electrons. The van der Waals surface area contributed by atoms with Crippen molar-refractivity contribution in [1.82, 2.24) is 10.2 Å². The number of carbonyl (C=O) groups excluding carboxylic acids is 3. The van der Waals surface area contributed by atoms with Gasteiger partial charge in [-0.1, -0.05) is 54.6 Å². The first-order valence-electron chi connectivity index (χ1n) is 13.0. The van der Waals surface area contributed by atoms with Gasteiger partial charge in [0.1, 0.15) is 17.6 Å². The number of amides is 2. The lowest BCUT2D eigenvalue weighted by atomic mass is 9.79. The first-order valence-corrected chi connectivity index (χ1v) is 13.0. The van der Waals surface area contributed by atoms with Crippen LogP contribution in [-0.4, -0.2) is 42.9 Å². The summed E-state index contributed by atoms with van der Waals surface area (Å²) < 4.78 is 24.0. The van der Waals surface area contributed by atoms with E-state index < -0.39 is 29.9 Å². The van der Waals surface area contributed by atoms with Gasteiger partial charge in [-0.15, -0.1) is 0 Å². The van der Waals surface area contributed by atoms with Crippen LogP contribution in [0, 0.1) is 17.7 Å². The molecule has 3 aromatic rings. The maximum Gasteiger partial charge on any atom is 0.311 e. The molecule has 7 nitrogen and oxygen atoms in total. The smallest absolute Gasteiger partial charge is 0.311 e. The highest BCUT2D eigenvalue weighted by molar-refractivity contribution is 5.93. The van der Waals surface area contributed by atoms with Crippen molar-refractivity contribution in [3.63, 3.8) is 0 Å². The molecule has 1 saturated carbocycles. The number of carbonyl (C=O) groups is 3. The van der Waals surface area contributed by atoms with Crippen molar-refractivity contribution >= 4 is 17.8 Å². The van der Waals surface area contributed by atoms with E-state index in [9.17, 15) is 18.8 Å². The van der Waals surface area contributed by atoms with E-state index >= 15 is 0 Å². The van der Waals surface area contributed by atoms with Gasteiger partial charge in [-0.3, -0.25) is 14.4 Å². The Kier molecular flexibility index (Phi) is 7.63. The molecule has 4 unspecified atom stereocenters. The molecule has 0 aromatic heterocycles. The lowest BCUT2D eigenvalue weighted by Gasteiger charge is -2.31. The summed E-state index contributed by atoms with van der Waals surface area (Å²) in [4.78, 5) is 43.0. The van der Waals surface area contributed by atoms with Crippen LogP contribution >= 0.6 is 0 Å². The van der Waals surface area contributed by atoms with Crippen LogP contribution in [0.1, 0.15) is 41.5 Å². The van der Waals surface area contributed by atoms with E-state index in [-0.39, 0.29) is 30.1 Å². The number of hydrogen-bond donors (Lipinski definition) is 1. The molecule has 3 aromatic carbocycles. The number of ether oxygens (including phenoxy) is 2. The third kappa shape index (κ3) is 5.37. The van der Waals surface area contributed by atoms with Gasteiger partial charge in [-0.05, 0) is 53.8 Å². The second-order valence-electron chi connectivity index (χ2n) is 10.0. The maximum atomic E-state index is 14.0. The molecule has 1 heterocycles. The molecular formula is C31H31FN2O5. The molecule has 2 aliphatic rings. The molecule has 0 bridgehead atoms. The van der Waals surface area contributed by atoms with Crippen LogP contribution in [-0.2, 0) is 25.7 Å². The molecule has 1 N–H and O–H groups in total. The quantitative estimate of drug-likeness (QED) is 0.437. The van der Waals surface area contributed by atoms with E-state index in [0.717, 1.165) is 29.5 Å². The molecule has 1 aliphatic carbocycles. The van der Waals surface area contributed by atoms with Crippen molar-refractivity contribution in [2.45, 2.75) is 37.4 Å². The van der Waals surface area contributed by atoms with Gasteiger partial charge in [0.05, 0.1) is 26.2 Å². The number of halogens is 1. The van der Waals surface area contributed by atoms with Gasteiger partial charge in [-0.25, -0.2) is 4.39 Å². The fourth-order valence-corrected chi connectivity index (χ4v) is 5.56. The van der Waals surface area contributed by atoms with Crippen LogP contribution < -0.4 is 10.1 Å². The molecule has 5 rings (SSSR count). The van der Waals surface area contributed by atoms with Crippen LogP contribution in [0.25, 0.3) is 0 Å². The highest BCUT2D eigenvalue weighted by Gasteiger charge is 2.59. The van der Waals surface area contributed by atoms with Crippen molar-refractivity contribution < 1.29 is 28.2 Å². The summed E-state index contributed by atoms with van der Waals surface area (Å²) in [6.45, 7) is 0.151. The second-order valence-corrected chi connectivity index (χ2v) is 10.0. The number of hydrogen-bond acceptors (Lipinski definition) is 5. The van der Waals surface area contributed by atoms with E-state index in [4.69, 9.17) is 9.47 Å².